The standard InChI is InChI=1S/C31H36N2O4/c1-22(2)32-31(35)27(19-24-9-5-4-6-10-24)33(21-26-11-7-8-23(3)18-26)30(34)15-13-25-12-14-28-29(20-25)37-17-16-36-28/h4-12,14,18,20,22,27H,13,15-17,19,21H2,1-3H3,(H,32,35). The first-order valence-electron chi connectivity index (χ1n) is 13.0. The second-order valence-electron chi connectivity index (χ2n) is 9.86. The van der Waals surface area contributed by atoms with E-state index in [9.17, 15) is 9.59 Å². The fourth-order valence-corrected chi connectivity index (χ4v) is 4.58. The van der Waals surface area contributed by atoms with Crippen LogP contribution in [0.25, 0.3) is 0 Å². The second kappa shape index (κ2) is 12.4. The van der Waals surface area contributed by atoms with Crippen molar-refractivity contribution < 1.29 is 19.1 Å². The molecule has 1 heterocycles. The number of benzene rings is 3. The SMILES string of the molecule is Cc1cccc(CN(C(=O)CCc2ccc3c(c2)OCCO3)C(Cc2ccccc2)C(=O)NC(C)C)c1. The van der Waals surface area contributed by atoms with Crippen molar-refractivity contribution in [2.45, 2.75) is 58.7 Å². The summed E-state index contributed by atoms with van der Waals surface area (Å²) in [5.74, 6) is 1.25. The number of carbonyl (C=O) groups is 2. The van der Waals surface area contributed by atoms with Crippen molar-refractivity contribution in [1.29, 1.82) is 0 Å². The van der Waals surface area contributed by atoms with Gasteiger partial charge in [-0.2, -0.15) is 0 Å². The molecule has 0 bridgehead atoms. The molecule has 194 valence electrons. The fraction of sp³-hybridized carbons (Fsp3) is 0.355. The van der Waals surface area contributed by atoms with Gasteiger partial charge in [0.2, 0.25) is 11.8 Å². The topological polar surface area (TPSA) is 67.9 Å². The van der Waals surface area contributed by atoms with Gasteiger partial charge in [-0.25, -0.2) is 0 Å². The minimum absolute atomic E-state index is 0.0283. The predicted molar refractivity (Wildman–Crippen MR) is 145 cm³/mol. The Hall–Kier alpha value is -3.80. The number of amides is 2. The smallest absolute Gasteiger partial charge is 0.243 e. The van der Waals surface area contributed by atoms with Crippen LogP contribution in [-0.4, -0.2) is 42.0 Å². The average Bonchev–Trinajstić information content (AvgIpc) is 2.89. The average molecular weight is 501 g/mol. The number of nitrogens with zero attached hydrogens (tertiary/aromatic N) is 1. The summed E-state index contributed by atoms with van der Waals surface area (Å²) < 4.78 is 11.3. The van der Waals surface area contributed by atoms with Gasteiger partial charge in [0.15, 0.2) is 11.5 Å². The van der Waals surface area contributed by atoms with Gasteiger partial charge in [0.25, 0.3) is 0 Å². The van der Waals surface area contributed by atoms with Gasteiger partial charge in [-0.3, -0.25) is 9.59 Å². The van der Waals surface area contributed by atoms with E-state index in [0.717, 1.165) is 28.0 Å². The van der Waals surface area contributed by atoms with Crippen LogP contribution >= 0.6 is 0 Å². The van der Waals surface area contributed by atoms with Crippen molar-refractivity contribution >= 4 is 11.8 Å². The molecule has 6 heteroatoms. The Morgan fingerprint density at radius 1 is 0.865 bits per heavy atom. The van der Waals surface area contributed by atoms with Crippen LogP contribution in [0.2, 0.25) is 0 Å². The number of hydrogen-bond donors (Lipinski definition) is 1. The van der Waals surface area contributed by atoms with Crippen molar-refractivity contribution in [3.63, 3.8) is 0 Å². The van der Waals surface area contributed by atoms with Crippen LogP contribution in [0, 0.1) is 6.92 Å². The molecule has 6 nitrogen and oxygen atoms in total. The summed E-state index contributed by atoms with van der Waals surface area (Å²) in [4.78, 5) is 29.0. The van der Waals surface area contributed by atoms with Crippen molar-refractivity contribution in [2.24, 2.45) is 0 Å². The molecule has 3 aromatic carbocycles. The summed E-state index contributed by atoms with van der Waals surface area (Å²) in [5, 5.41) is 3.04. The summed E-state index contributed by atoms with van der Waals surface area (Å²) >= 11 is 0. The molecule has 1 unspecified atom stereocenters. The van der Waals surface area contributed by atoms with Crippen molar-refractivity contribution in [3.05, 3.63) is 95.1 Å². The number of nitrogens with one attached hydrogen (secondary N) is 1. The lowest BCUT2D eigenvalue weighted by atomic mass is 10.0. The van der Waals surface area contributed by atoms with E-state index in [-0.39, 0.29) is 24.3 Å². The lowest BCUT2D eigenvalue weighted by Gasteiger charge is -2.32. The van der Waals surface area contributed by atoms with Crippen LogP contribution in [-0.2, 0) is 29.0 Å². The molecular formula is C31H36N2O4. The van der Waals surface area contributed by atoms with Crippen LogP contribution in [0.15, 0.2) is 72.8 Å². The first-order valence-corrected chi connectivity index (χ1v) is 13.0. The zero-order chi connectivity index (χ0) is 26.2. The molecule has 1 atom stereocenters. The second-order valence-corrected chi connectivity index (χ2v) is 9.86. The number of fused-ring (bicyclic) bond motifs is 1. The van der Waals surface area contributed by atoms with Gasteiger partial charge >= 0.3 is 0 Å². The Bertz CT molecular complexity index is 1210. The van der Waals surface area contributed by atoms with E-state index in [1.54, 1.807) is 4.90 Å². The van der Waals surface area contributed by atoms with E-state index < -0.39 is 6.04 Å². The van der Waals surface area contributed by atoms with E-state index in [4.69, 9.17) is 9.47 Å². The summed E-state index contributed by atoms with van der Waals surface area (Å²) in [6, 6.07) is 23.1. The van der Waals surface area contributed by atoms with Gasteiger partial charge in [0.05, 0.1) is 0 Å². The van der Waals surface area contributed by atoms with E-state index in [1.165, 1.54) is 0 Å². The number of ether oxygens (including phenoxy) is 2. The molecule has 3 aromatic rings. The molecule has 0 radical (unpaired) electrons. The minimum Gasteiger partial charge on any atom is -0.486 e. The highest BCUT2D eigenvalue weighted by atomic mass is 16.6. The Balaban J connectivity index is 1.59. The zero-order valence-corrected chi connectivity index (χ0v) is 21.9. The molecule has 2 amide bonds. The third kappa shape index (κ3) is 7.35. The Kier molecular flexibility index (Phi) is 8.83. The van der Waals surface area contributed by atoms with Gasteiger partial charge in [-0.1, -0.05) is 66.2 Å². The monoisotopic (exact) mass is 500 g/mol. The van der Waals surface area contributed by atoms with Gasteiger partial charge < -0.3 is 19.7 Å². The predicted octanol–water partition coefficient (Wildman–Crippen LogP) is 4.86. The maximum Gasteiger partial charge on any atom is 0.243 e. The van der Waals surface area contributed by atoms with Crippen LogP contribution in [0.1, 0.15) is 42.5 Å². The number of rotatable bonds is 10. The molecule has 1 aliphatic rings. The minimum atomic E-state index is -0.627. The van der Waals surface area contributed by atoms with Crippen LogP contribution < -0.4 is 14.8 Å². The maximum absolute atomic E-state index is 13.8. The van der Waals surface area contributed by atoms with E-state index in [2.05, 4.69) is 11.4 Å². The Morgan fingerprint density at radius 3 is 2.32 bits per heavy atom. The molecule has 0 aromatic heterocycles. The lowest BCUT2D eigenvalue weighted by Crippen LogP contribution is -2.51. The number of carbonyl (C=O) groups excluding carboxylic acids is 2. The largest absolute Gasteiger partial charge is 0.486 e. The Labute approximate surface area is 219 Å². The summed E-state index contributed by atoms with van der Waals surface area (Å²) in [5.41, 5.74) is 4.13. The molecule has 4 rings (SSSR count). The van der Waals surface area contributed by atoms with Gasteiger partial charge in [-0.05, 0) is 56.0 Å². The molecule has 37 heavy (non-hydrogen) atoms. The lowest BCUT2D eigenvalue weighted by molar-refractivity contribution is -0.141. The zero-order valence-electron chi connectivity index (χ0n) is 21.9. The highest BCUT2D eigenvalue weighted by Crippen LogP contribution is 2.31. The molecular weight excluding hydrogens is 464 g/mol. The van der Waals surface area contributed by atoms with Crippen LogP contribution in [0.4, 0.5) is 0 Å². The number of hydrogen-bond acceptors (Lipinski definition) is 4. The molecule has 1 N–H and O–H groups in total. The normalized spacial score (nSPS) is 13.2. The molecule has 0 fully saturated rings. The molecule has 0 aliphatic carbocycles. The third-order valence-electron chi connectivity index (χ3n) is 6.37. The molecule has 0 saturated carbocycles. The summed E-state index contributed by atoms with van der Waals surface area (Å²) in [7, 11) is 0. The van der Waals surface area contributed by atoms with Gasteiger partial charge in [0.1, 0.15) is 19.3 Å². The van der Waals surface area contributed by atoms with Crippen molar-refractivity contribution in [1.82, 2.24) is 10.2 Å². The highest BCUT2D eigenvalue weighted by molar-refractivity contribution is 5.88. The first kappa shape index (κ1) is 26.3. The molecule has 0 spiro atoms. The highest BCUT2D eigenvalue weighted by Gasteiger charge is 2.30. The van der Waals surface area contributed by atoms with Crippen molar-refractivity contribution in [2.75, 3.05) is 13.2 Å². The fourth-order valence-electron chi connectivity index (χ4n) is 4.58. The summed E-state index contributed by atoms with van der Waals surface area (Å²) in [6.45, 7) is 7.33. The van der Waals surface area contributed by atoms with E-state index >= 15 is 0 Å². The van der Waals surface area contributed by atoms with Gasteiger partial charge in [0, 0.05) is 25.4 Å². The summed E-state index contributed by atoms with van der Waals surface area (Å²) in [6.07, 6.45) is 1.27. The van der Waals surface area contributed by atoms with Crippen molar-refractivity contribution in [3.8, 4) is 11.5 Å². The third-order valence-corrected chi connectivity index (χ3v) is 6.37. The van der Waals surface area contributed by atoms with E-state index in [0.29, 0.717) is 38.3 Å². The van der Waals surface area contributed by atoms with E-state index in [1.807, 2.05) is 87.5 Å². The first-order chi connectivity index (χ1) is 17.9. The molecule has 0 saturated heterocycles. The van der Waals surface area contributed by atoms with Crippen LogP contribution in [0.3, 0.4) is 0 Å². The van der Waals surface area contributed by atoms with Crippen LogP contribution in [0.5, 0.6) is 11.5 Å². The van der Waals surface area contributed by atoms with Gasteiger partial charge in [-0.15, -0.1) is 0 Å². The molecule has 1 aliphatic heterocycles. The maximum atomic E-state index is 13.8. The Morgan fingerprint density at radius 2 is 1.59 bits per heavy atom. The number of aryl methyl sites for hydroxylation is 2. The quantitative estimate of drug-likeness (QED) is 0.432.